The average Bonchev–Trinajstić information content (AvgIpc) is 2.89. The van der Waals surface area contributed by atoms with Gasteiger partial charge in [-0.2, -0.15) is 11.3 Å². The lowest BCUT2D eigenvalue weighted by atomic mass is 10.2. The van der Waals surface area contributed by atoms with Crippen LogP contribution in [0.3, 0.4) is 0 Å². The van der Waals surface area contributed by atoms with E-state index in [1.807, 2.05) is 18.4 Å². The smallest absolute Gasteiger partial charge is 0.272 e. The molecule has 0 radical (unpaired) electrons. The van der Waals surface area contributed by atoms with Crippen molar-refractivity contribution in [3.05, 3.63) is 39.8 Å². The van der Waals surface area contributed by atoms with Crippen LogP contribution in [0.4, 0.5) is 5.95 Å². The van der Waals surface area contributed by atoms with Gasteiger partial charge >= 0.3 is 0 Å². The van der Waals surface area contributed by atoms with Gasteiger partial charge in [-0.1, -0.05) is 6.92 Å². The van der Waals surface area contributed by atoms with Crippen molar-refractivity contribution in [2.45, 2.75) is 26.8 Å². The zero-order valence-corrected chi connectivity index (χ0v) is 12.5. The SMILES string of the molecule is CCCN(Cc1ccsc1)C(=O)c1cc(C)nc(N)n1. The molecule has 2 rings (SSSR count). The van der Waals surface area contributed by atoms with E-state index in [1.54, 1.807) is 29.2 Å². The van der Waals surface area contributed by atoms with Gasteiger partial charge < -0.3 is 10.6 Å². The molecule has 0 bridgehead atoms. The zero-order valence-electron chi connectivity index (χ0n) is 11.7. The molecule has 0 saturated heterocycles. The van der Waals surface area contributed by atoms with Gasteiger partial charge in [0.2, 0.25) is 5.95 Å². The van der Waals surface area contributed by atoms with Crippen molar-refractivity contribution in [2.75, 3.05) is 12.3 Å². The summed E-state index contributed by atoms with van der Waals surface area (Å²) in [7, 11) is 0. The molecule has 106 valence electrons. The molecule has 2 aromatic rings. The number of aryl methyl sites for hydroxylation is 1. The minimum Gasteiger partial charge on any atom is -0.368 e. The molecule has 0 fully saturated rings. The van der Waals surface area contributed by atoms with Crippen LogP contribution in [0, 0.1) is 6.92 Å². The highest BCUT2D eigenvalue weighted by molar-refractivity contribution is 7.07. The van der Waals surface area contributed by atoms with E-state index in [9.17, 15) is 4.79 Å². The fourth-order valence-electron chi connectivity index (χ4n) is 1.99. The monoisotopic (exact) mass is 290 g/mol. The number of thiophene rings is 1. The van der Waals surface area contributed by atoms with Gasteiger partial charge in [0.25, 0.3) is 5.91 Å². The second-order valence-electron chi connectivity index (χ2n) is 4.61. The first-order valence-electron chi connectivity index (χ1n) is 6.51. The molecule has 0 aliphatic carbocycles. The summed E-state index contributed by atoms with van der Waals surface area (Å²) in [5.74, 6) is 0.0376. The van der Waals surface area contributed by atoms with Crippen LogP contribution in [-0.4, -0.2) is 27.3 Å². The number of carbonyl (C=O) groups is 1. The summed E-state index contributed by atoms with van der Waals surface area (Å²) in [5, 5.41) is 4.06. The summed E-state index contributed by atoms with van der Waals surface area (Å²) in [6, 6.07) is 3.70. The van der Waals surface area contributed by atoms with Crippen molar-refractivity contribution < 1.29 is 4.79 Å². The van der Waals surface area contributed by atoms with E-state index in [-0.39, 0.29) is 11.9 Å². The maximum atomic E-state index is 12.5. The van der Waals surface area contributed by atoms with Crippen LogP contribution < -0.4 is 5.73 Å². The molecule has 2 N–H and O–H groups in total. The van der Waals surface area contributed by atoms with Gasteiger partial charge in [-0.15, -0.1) is 0 Å². The van der Waals surface area contributed by atoms with Gasteiger partial charge in [-0.25, -0.2) is 9.97 Å². The minimum absolute atomic E-state index is 0.102. The number of nitrogen functional groups attached to an aromatic ring is 1. The molecule has 0 atom stereocenters. The van der Waals surface area contributed by atoms with Gasteiger partial charge in [-0.3, -0.25) is 4.79 Å². The Morgan fingerprint density at radius 1 is 1.45 bits per heavy atom. The Kier molecular flexibility index (Phi) is 4.68. The number of hydrogen-bond acceptors (Lipinski definition) is 5. The molecule has 0 aromatic carbocycles. The van der Waals surface area contributed by atoms with Crippen LogP contribution in [0.5, 0.6) is 0 Å². The van der Waals surface area contributed by atoms with Gasteiger partial charge in [-0.05, 0) is 41.8 Å². The first-order chi connectivity index (χ1) is 9.60. The van der Waals surface area contributed by atoms with Crippen LogP contribution in [0.15, 0.2) is 22.9 Å². The molecule has 20 heavy (non-hydrogen) atoms. The lowest BCUT2D eigenvalue weighted by Gasteiger charge is -2.21. The standard InChI is InChI=1S/C14H18N4OS/c1-3-5-18(8-11-4-6-20-9-11)13(19)12-7-10(2)16-14(15)17-12/h4,6-7,9H,3,5,8H2,1-2H3,(H2,15,16,17). The highest BCUT2D eigenvalue weighted by Gasteiger charge is 2.18. The van der Waals surface area contributed by atoms with Crippen molar-refractivity contribution in [1.29, 1.82) is 0 Å². The normalized spacial score (nSPS) is 10.5. The number of nitrogens with two attached hydrogens (primary N) is 1. The van der Waals surface area contributed by atoms with E-state index in [0.717, 1.165) is 12.0 Å². The highest BCUT2D eigenvalue weighted by Crippen LogP contribution is 2.13. The third kappa shape index (κ3) is 3.54. The quantitative estimate of drug-likeness (QED) is 0.918. The fraction of sp³-hybridized carbons (Fsp3) is 0.357. The van der Waals surface area contributed by atoms with Crippen LogP contribution in [0.25, 0.3) is 0 Å². The van der Waals surface area contributed by atoms with Crippen LogP contribution in [0.1, 0.15) is 35.1 Å². The molecular formula is C14H18N4OS. The molecule has 2 heterocycles. The van der Waals surface area contributed by atoms with Crippen molar-refractivity contribution in [1.82, 2.24) is 14.9 Å². The van der Waals surface area contributed by atoms with Crippen LogP contribution in [0.2, 0.25) is 0 Å². The van der Waals surface area contributed by atoms with Gasteiger partial charge in [0.05, 0.1) is 0 Å². The van der Waals surface area contributed by atoms with Crippen LogP contribution in [-0.2, 0) is 6.54 Å². The molecule has 0 aliphatic heterocycles. The Morgan fingerprint density at radius 2 is 2.25 bits per heavy atom. The Hall–Kier alpha value is -1.95. The van der Waals surface area contributed by atoms with Gasteiger partial charge in [0.1, 0.15) is 5.69 Å². The first kappa shape index (κ1) is 14.5. The van der Waals surface area contributed by atoms with E-state index >= 15 is 0 Å². The number of carbonyl (C=O) groups excluding carboxylic acids is 1. The molecular weight excluding hydrogens is 272 g/mol. The number of rotatable bonds is 5. The largest absolute Gasteiger partial charge is 0.368 e. The second-order valence-corrected chi connectivity index (χ2v) is 5.39. The van der Waals surface area contributed by atoms with E-state index < -0.39 is 0 Å². The molecule has 1 amide bonds. The molecule has 0 spiro atoms. The molecule has 6 heteroatoms. The summed E-state index contributed by atoms with van der Waals surface area (Å²) in [5.41, 5.74) is 7.81. The highest BCUT2D eigenvalue weighted by atomic mass is 32.1. The maximum absolute atomic E-state index is 12.5. The molecule has 0 unspecified atom stereocenters. The molecule has 5 nitrogen and oxygen atoms in total. The Labute approximate surface area is 122 Å². The van der Waals surface area contributed by atoms with E-state index in [1.165, 1.54) is 0 Å². The summed E-state index contributed by atoms with van der Waals surface area (Å²) in [4.78, 5) is 22.4. The third-order valence-corrected chi connectivity index (χ3v) is 3.56. The van der Waals surface area contributed by atoms with Crippen molar-refractivity contribution in [3.8, 4) is 0 Å². The number of nitrogens with zero attached hydrogens (tertiary/aromatic N) is 3. The zero-order chi connectivity index (χ0) is 14.5. The number of anilines is 1. The van der Waals surface area contributed by atoms with Gasteiger partial charge in [0, 0.05) is 18.8 Å². The Morgan fingerprint density at radius 3 is 2.85 bits per heavy atom. The predicted molar refractivity (Wildman–Crippen MR) is 80.5 cm³/mol. The van der Waals surface area contributed by atoms with Crippen molar-refractivity contribution in [3.63, 3.8) is 0 Å². The molecule has 0 saturated carbocycles. The molecule has 0 aliphatic rings. The summed E-state index contributed by atoms with van der Waals surface area (Å²) >= 11 is 1.63. The minimum atomic E-state index is -0.102. The molecule has 2 aromatic heterocycles. The third-order valence-electron chi connectivity index (χ3n) is 2.82. The fourth-order valence-corrected chi connectivity index (χ4v) is 2.65. The Balaban J connectivity index is 2.21. The van der Waals surface area contributed by atoms with E-state index in [4.69, 9.17) is 5.73 Å². The van der Waals surface area contributed by atoms with E-state index in [2.05, 4.69) is 15.3 Å². The summed E-state index contributed by atoms with van der Waals surface area (Å²) in [6.07, 6.45) is 0.898. The van der Waals surface area contributed by atoms with Crippen molar-refractivity contribution in [2.24, 2.45) is 0 Å². The van der Waals surface area contributed by atoms with Crippen LogP contribution >= 0.6 is 11.3 Å². The first-order valence-corrected chi connectivity index (χ1v) is 7.46. The number of hydrogen-bond donors (Lipinski definition) is 1. The maximum Gasteiger partial charge on any atom is 0.272 e. The summed E-state index contributed by atoms with van der Waals surface area (Å²) in [6.45, 7) is 5.14. The second kappa shape index (κ2) is 6.47. The summed E-state index contributed by atoms with van der Waals surface area (Å²) < 4.78 is 0. The Bertz CT molecular complexity index is 563. The predicted octanol–water partition coefficient (Wildman–Crippen LogP) is 2.48. The number of amides is 1. The average molecular weight is 290 g/mol. The topological polar surface area (TPSA) is 72.1 Å². The van der Waals surface area contributed by atoms with Crippen molar-refractivity contribution >= 4 is 23.2 Å². The number of aromatic nitrogens is 2. The lowest BCUT2D eigenvalue weighted by Crippen LogP contribution is -2.32. The van der Waals surface area contributed by atoms with E-state index in [0.29, 0.717) is 24.5 Å². The van der Waals surface area contributed by atoms with Gasteiger partial charge in [0.15, 0.2) is 0 Å². The lowest BCUT2D eigenvalue weighted by molar-refractivity contribution is 0.0737.